The number of ether oxygens (including phenoxy) is 2. The van der Waals surface area contributed by atoms with Gasteiger partial charge in [-0.25, -0.2) is 9.18 Å². The number of anilines is 1. The molecule has 1 heterocycles. The highest BCUT2D eigenvalue weighted by Crippen LogP contribution is 2.56. The summed E-state index contributed by atoms with van der Waals surface area (Å²) in [4.78, 5) is 13.9. The van der Waals surface area contributed by atoms with Gasteiger partial charge in [-0.15, -0.1) is 0 Å². The van der Waals surface area contributed by atoms with Crippen molar-refractivity contribution in [2.45, 2.75) is 32.2 Å². The first-order chi connectivity index (χ1) is 10.5. The van der Waals surface area contributed by atoms with Crippen molar-refractivity contribution < 1.29 is 23.0 Å². The average molecular weight is 311 g/mol. The Kier molecular flexibility index (Phi) is 3.70. The Bertz CT molecular complexity index is 601. The molecule has 22 heavy (non-hydrogen) atoms. The van der Waals surface area contributed by atoms with Crippen molar-refractivity contribution in [3.05, 3.63) is 23.8 Å². The first-order valence-electron chi connectivity index (χ1n) is 7.46. The van der Waals surface area contributed by atoms with Gasteiger partial charge in [0.15, 0.2) is 11.6 Å². The van der Waals surface area contributed by atoms with E-state index in [4.69, 9.17) is 9.47 Å². The third-order valence-electron chi connectivity index (χ3n) is 4.57. The van der Waals surface area contributed by atoms with E-state index in [0.29, 0.717) is 18.7 Å². The van der Waals surface area contributed by atoms with Crippen LogP contribution in [0.4, 0.5) is 14.5 Å². The standard InChI is InChI=1S/C16H19F2NO3/c1-3-22-14-11(5-4-10(17)13(14)18)19-9-16(6-7-16)8-12(19)15(20)21-2/h4-5,12H,3,6-9H2,1-2H3. The van der Waals surface area contributed by atoms with Gasteiger partial charge in [0.05, 0.1) is 19.4 Å². The molecule has 1 saturated carbocycles. The quantitative estimate of drug-likeness (QED) is 0.802. The van der Waals surface area contributed by atoms with E-state index in [0.717, 1.165) is 18.9 Å². The molecule has 1 saturated heterocycles. The molecule has 2 fully saturated rings. The van der Waals surface area contributed by atoms with E-state index in [9.17, 15) is 13.6 Å². The number of nitrogens with zero attached hydrogens (tertiary/aromatic N) is 1. The van der Waals surface area contributed by atoms with Crippen LogP contribution in [-0.4, -0.2) is 32.3 Å². The molecule has 1 unspecified atom stereocenters. The SMILES string of the molecule is CCOc1c(N2CC3(CC3)CC2C(=O)OC)ccc(F)c1F. The van der Waals surface area contributed by atoms with Crippen molar-refractivity contribution in [2.24, 2.45) is 5.41 Å². The zero-order valence-electron chi connectivity index (χ0n) is 12.7. The topological polar surface area (TPSA) is 38.8 Å². The Hall–Kier alpha value is -1.85. The van der Waals surface area contributed by atoms with Gasteiger partial charge in [0, 0.05) is 6.54 Å². The van der Waals surface area contributed by atoms with E-state index in [1.54, 1.807) is 11.8 Å². The molecule has 0 bridgehead atoms. The van der Waals surface area contributed by atoms with E-state index in [2.05, 4.69) is 0 Å². The molecule has 1 aliphatic heterocycles. The van der Waals surface area contributed by atoms with Crippen molar-refractivity contribution in [2.75, 3.05) is 25.2 Å². The lowest BCUT2D eigenvalue weighted by Crippen LogP contribution is -2.37. The minimum absolute atomic E-state index is 0.104. The normalized spacial score (nSPS) is 22.0. The van der Waals surface area contributed by atoms with Gasteiger partial charge in [0.1, 0.15) is 6.04 Å². The second-order valence-corrected chi connectivity index (χ2v) is 6.01. The van der Waals surface area contributed by atoms with Crippen LogP contribution < -0.4 is 9.64 Å². The first-order valence-corrected chi connectivity index (χ1v) is 7.46. The van der Waals surface area contributed by atoms with Crippen molar-refractivity contribution in [1.29, 1.82) is 0 Å². The maximum absolute atomic E-state index is 14.1. The van der Waals surface area contributed by atoms with Gasteiger partial charge in [0.25, 0.3) is 0 Å². The highest BCUT2D eigenvalue weighted by Gasteiger charge is 2.54. The van der Waals surface area contributed by atoms with E-state index in [1.807, 2.05) is 0 Å². The lowest BCUT2D eigenvalue weighted by Gasteiger charge is -2.27. The summed E-state index contributed by atoms with van der Waals surface area (Å²) in [5.74, 6) is -2.45. The predicted octanol–water partition coefficient (Wildman–Crippen LogP) is 2.90. The zero-order chi connectivity index (χ0) is 15.9. The Morgan fingerprint density at radius 3 is 2.73 bits per heavy atom. The molecule has 1 aliphatic carbocycles. The lowest BCUT2D eigenvalue weighted by molar-refractivity contribution is -0.142. The highest BCUT2D eigenvalue weighted by atomic mass is 19.2. The number of rotatable bonds is 4. The molecule has 1 spiro atoms. The summed E-state index contributed by atoms with van der Waals surface area (Å²) in [5.41, 5.74) is 0.521. The molecular weight excluding hydrogens is 292 g/mol. The second kappa shape index (κ2) is 5.41. The van der Waals surface area contributed by atoms with Gasteiger partial charge >= 0.3 is 5.97 Å². The summed E-state index contributed by atoms with van der Waals surface area (Å²) < 4.78 is 37.7. The van der Waals surface area contributed by atoms with Crippen molar-refractivity contribution in [3.8, 4) is 5.75 Å². The van der Waals surface area contributed by atoms with E-state index in [1.165, 1.54) is 13.2 Å². The third-order valence-corrected chi connectivity index (χ3v) is 4.57. The van der Waals surface area contributed by atoms with Crippen LogP contribution in [0.2, 0.25) is 0 Å². The lowest BCUT2D eigenvalue weighted by atomic mass is 10.0. The highest BCUT2D eigenvalue weighted by molar-refractivity contribution is 5.82. The summed E-state index contributed by atoms with van der Waals surface area (Å²) in [7, 11) is 1.34. The van der Waals surface area contributed by atoms with Gasteiger partial charge < -0.3 is 14.4 Å². The molecule has 0 amide bonds. The summed E-state index contributed by atoms with van der Waals surface area (Å²) in [6.45, 7) is 2.56. The fourth-order valence-corrected chi connectivity index (χ4v) is 3.22. The van der Waals surface area contributed by atoms with Crippen LogP contribution in [0.15, 0.2) is 12.1 Å². The summed E-state index contributed by atoms with van der Waals surface area (Å²) in [5, 5.41) is 0. The van der Waals surface area contributed by atoms with Crippen LogP contribution in [0.5, 0.6) is 5.75 Å². The number of carbonyl (C=O) groups excluding carboxylic acids is 1. The van der Waals surface area contributed by atoms with E-state index < -0.39 is 17.7 Å². The van der Waals surface area contributed by atoms with Crippen LogP contribution in [0, 0.1) is 17.0 Å². The van der Waals surface area contributed by atoms with Crippen LogP contribution in [0.1, 0.15) is 26.2 Å². The van der Waals surface area contributed by atoms with Crippen LogP contribution in [0.3, 0.4) is 0 Å². The number of benzene rings is 1. The number of hydrogen-bond acceptors (Lipinski definition) is 4. The Labute approximate surface area is 128 Å². The number of esters is 1. The fourth-order valence-electron chi connectivity index (χ4n) is 3.22. The largest absolute Gasteiger partial charge is 0.489 e. The summed E-state index contributed by atoms with van der Waals surface area (Å²) in [6.07, 6.45) is 2.78. The molecule has 3 rings (SSSR count). The molecule has 0 radical (unpaired) electrons. The number of methoxy groups -OCH3 is 1. The molecule has 0 N–H and O–H groups in total. The van der Waals surface area contributed by atoms with Crippen LogP contribution in [-0.2, 0) is 9.53 Å². The molecule has 1 aromatic rings. The second-order valence-electron chi connectivity index (χ2n) is 6.01. The first kappa shape index (κ1) is 15.1. The summed E-state index contributed by atoms with van der Waals surface area (Å²) in [6, 6.07) is 2.07. The van der Waals surface area contributed by atoms with Crippen molar-refractivity contribution in [3.63, 3.8) is 0 Å². The minimum Gasteiger partial charge on any atom is -0.489 e. The molecular formula is C16H19F2NO3. The molecule has 120 valence electrons. The van der Waals surface area contributed by atoms with Crippen LogP contribution >= 0.6 is 0 Å². The number of hydrogen-bond donors (Lipinski definition) is 0. The Morgan fingerprint density at radius 2 is 2.14 bits per heavy atom. The third kappa shape index (κ3) is 2.40. The Balaban J connectivity index is 2.01. The molecule has 2 aliphatic rings. The molecule has 1 aromatic carbocycles. The van der Waals surface area contributed by atoms with Gasteiger partial charge in [-0.2, -0.15) is 4.39 Å². The van der Waals surface area contributed by atoms with E-state index in [-0.39, 0.29) is 23.7 Å². The van der Waals surface area contributed by atoms with Gasteiger partial charge in [-0.3, -0.25) is 0 Å². The fraction of sp³-hybridized carbons (Fsp3) is 0.562. The predicted molar refractivity (Wildman–Crippen MR) is 77.0 cm³/mol. The number of carbonyl (C=O) groups is 1. The minimum atomic E-state index is -1.01. The number of halogens is 2. The molecule has 6 heteroatoms. The Morgan fingerprint density at radius 1 is 1.41 bits per heavy atom. The smallest absolute Gasteiger partial charge is 0.328 e. The molecule has 0 aromatic heterocycles. The van der Waals surface area contributed by atoms with Gasteiger partial charge in [-0.1, -0.05) is 0 Å². The maximum Gasteiger partial charge on any atom is 0.328 e. The maximum atomic E-state index is 14.1. The van der Waals surface area contributed by atoms with E-state index >= 15 is 0 Å². The molecule has 1 atom stereocenters. The monoisotopic (exact) mass is 311 g/mol. The summed E-state index contributed by atoms with van der Waals surface area (Å²) >= 11 is 0. The van der Waals surface area contributed by atoms with Gasteiger partial charge in [-0.05, 0) is 43.7 Å². The molecule has 4 nitrogen and oxygen atoms in total. The van der Waals surface area contributed by atoms with Crippen LogP contribution in [0.25, 0.3) is 0 Å². The van der Waals surface area contributed by atoms with Crippen molar-refractivity contribution in [1.82, 2.24) is 0 Å². The average Bonchev–Trinajstić information content (AvgIpc) is 3.15. The van der Waals surface area contributed by atoms with Gasteiger partial charge in [0.2, 0.25) is 5.82 Å². The van der Waals surface area contributed by atoms with Crippen molar-refractivity contribution >= 4 is 11.7 Å². The zero-order valence-corrected chi connectivity index (χ0v) is 12.7.